The van der Waals surface area contributed by atoms with Crippen LogP contribution in [0.4, 0.5) is 0 Å². The fourth-order valence-corrected chi connectivity index (χ4v) is 6.04. The van der Waals surface area contributed by atoms with Gasteiger partial charge in [0.15, 0.2) is 0 Å². The highest BCUT2D eigenvalue weighted by Crippen LogP contribution is 2.49. The fraction of sp³-hybridized carbons (Fsp3) is 0.267. The average Bonchev–Trinajstić information content (AvgIpc) is 3.44. The van der Waals surface area contributed by atoms with Gasteiger partial charge in [0.2, 0.25) is 0 Å². The quantitative estimate of drug-likeness (QED) is 0.386. The molecule has 0 bridgehead atoms. The minimum Gasteiger partial charge on any atom is -0.361 e. The Hall–Kier alpha value is -3.10. The maximum absolute atomic E-state index is 3.53. The van der Waals surface area contributed by atoms with Crippen LogP contribution >= 0.6 is 0 Å². The largest absolute Gasteiger partial charge is 0.361 e. The second-order valence-corrected chi connectivity index (χ2v) is 9.61. The number of aromatic amines is 1. The van der Waals surface area contributed by atoms with Gasteiger partial charge in [-0.2, -0.15) is 0 Å². The van der Waals surface area contributed by atoms with Gasteiger partial charge in [-0.05, 0) is 53.5 Å². The number of likely N-dealkylation sites (tertiary alicyclic amines) is 1. The third-order valence-electron chi connectivity index (χ3n) is 7.60. The number of nitrogens with one attached hydrogen (secondary N) is 1. The number of hydrogen-bond acceptors (Lipinski definition) is 1. The lowest BCUT2D eigenvalue weighted by molar-refractivity contribution is 0.305. The molecule has 1 N–H and O–H groups in total. The van der Waals surface area contributed by atoms with Crippen LogP contribution in [0.2, 0.25) is 0 Å². The number of allylic oxidation sites excluding steroid dienone is 1. The van der Waals surface area contributed by atoms with Gasteiger partial charge in [0, 0.05) is 42.7 Å². The Morgan fingerprint density at radius 2 is 1.62 bits per heavy atom. The van der Waals surface area contributed by atoms with Gasteiger partial charge in [0.1, 0.15) is 0 Å². The highest BCUT2D eigenvalue weighted by molar-refractivity contribution is 5.84. The summed E-state index contributed by atoms with van der Waals surface area (Å²) in [6.45, 7) is 5.51. The van der Waals surface area contributed by atoms with Crippen molar-refractivity contribution < 1.29 is 0 Å². The van der Waals surface area contributed by atoms with Crippen LogP contribution in [0.5, 0.6) is 0 Å². The molecule has 6 rings (SSSR count). The molecule has 1 aliphatic heterocycles. The van der Waals surface area contributed by atoms with Crippen molar-refractivity contribution in [2.45, 2.75) is 25.8 Å². The predicted octanol–water partition coefficient (Wildman–Crippen LogP) is 6.80. The summed E-state index contributed by atoms with van der Waals surface area (Å²) in [5, 5.41) is 1.39. The van der Waals surface area contributed by atoms with Gasteiger partial charge in [-0.3, -0.25) is 4.90 Å². The Morgan fingerprint density at radius 3 is 2.47 bits per heavy atom. The lowest BCUT2D eigenvalue weighted by atomic mass is 9.69. The average molecular weight is 419 g/mol. The van der Waals surface area contributed by atoms with Crippen LogP contribution in [0.25, 0.3) is 16.5 Å². The lowest BCUT2D eigenvalue weighted by Gasteiger charge is -2.34. The number of nitrogens with zero attached hydrogens (tertiary/aromatic N) is 1. The molecule has 2 aliphatic rings. The van der Waals surface area contributed by atoms with Crippen LogP contribution in [0.15, 0.2) is 91.1 Å². The number of benzene rings is 3. The molecule has 3 unspecified atom stereocenters. The Labute approximate surface area is 190 Å². The number of rotatable bonds is 4. The molecule has 1 aliphatic carbocycles. The van der Waals surface area contributed by atoms with Gasteiger partial charge in [-0.1, -0.05) is 84.4 Å². The van der Waals surface area contributed by atoms with E-state index in [0.717, 1.165) is 26.1 Å². The molecule has 0 radical (unpaired) electrons. The molecule has 2 heteroatoms. The van der Waals surface area contributed by atoms with Crippen LogP contribution in [-0.2, 0) is 6.54 Å². The van der Waals surface area contributed by atoms with E-state index in [1.807, 2.05) is 0 Å². The van der Waals surface area contributed by atoms with E-state index in [4.69, 9.17) is 0 Å². The molecule has 1 saturated heterocycles. The van der Waals surface area contributed by atoms with E-state index in [2.05, 4.69) is 108 Å². The molecule has 2 heterocycles. The second kappa shape index (κ2) is 8.11. The van der Waals surface area contributed by atoms with Crippen LogP contribution in [0, 0.1) is 18.8 Å². The Balaban J connectivity index is 1.37. The number of hydrogen-bond donors (Lipinski definition) is 1. The van der Waals surface area contributed by atoms with Crippen molar-refractivity contribution in [2.75, 3.05) is 13.1 Å². The SMILES string of the molecule is Cc1ccc(C2=CCC(c3c[nH]c4ccccc34)C3CN(Cc4ccccc4)CC23)cc1. The summed E-state index contributed by atoms with van der Waals surface area (Å²) < 4.78 is 0. The van der Waals surface area contributed by atoms with Crippen molar-refractivity contribution in [3.8, 4) is 0 Å². The molecule has 0 spiro atoms. The van der Waals surface area contributed by atoms with Crippen molar-refractivity contribution in [1.82, 2.24) is 9.88 Å². The van der Waals surface area contributed by atoms with E-state index in [0.29, 0.717) is 17.8 Å². The monoisotopic (exact) mass is 418 g/mol. The zero-order valence-electron chi connectivity index (χ0n) is 18.7. The van der Waals surface area contributed by atoms with E-state index in [-0.39, 0.29) is 0 Å². The van der Waals surface area contributed by atoms with Gasteiger partial charge < -0.3 is 4.98 Å². The smallest absolute Gasteiger partial charge is 0.0456 e. The van der Waals surface area contributed by atoms with Crippen LogP contribution < -0.4 is 0 Å². The molecule has 0 saturated carbocycles. The van der Waals surface area contributed by atoms with Crippen LogP contribution in [-0.4, -0.2) is 23.0 Å². The molecule has 160 valence electrons. The van der Waals surface area contributed by atoms with Gasteiger partial charge in [0.25, 0.3) is 0 Å². The normalized spacial score (nSPS) is 23.3. The minimum atomic E-state index is 0.561. The number of para-hydroxylation sites is 1. The summed E-state index contributed by atoms with van der Waals surface area (Å²) in [4.78, 5) is 6.21. The van der Waals surface area contributed by atoms with Crippen LogP contribution in [0.1, 0.15) is 34.6 Å². The van der Waals surface area contributed by atoms with Crippen LogP contribution in [0.3, 0.4) is 0 Å². The van der Waals surface area contributed by atoms with E-state index in [1.54, 1.807) is 5.57 Å². The second-order valence-electron chi connectivity index (χ2n) is 9.61. The fourth-order valence-electron chi connectivity index (χ4n) is 6.04. The third kappa shape index (κ3) is 3.49. The Bertz CT molecular complexity index is 1250. The standard InChI is InChI=1S/C30H30N2/c1-21-11-13-23(14-12-21)24-15-16-25(27-17-31-30-10-6-5-9-26(27)30)29-20-32(19-28(24)29)18-22-7-3-2-4-8-22/h2-15,17,25,28-29,31H,16,18-20H2,1H3. The molecular weight excluding hydrogens is 388 g/mol. The first-order valence-corrected chi connectivity index (χ1v) is 11.9. The molecule has 1 fully saturated rings. The molecule has 3 aromatic carbocycles. The molecule has 32 heavy (non-hydrogen) atoms. The zero-order chi connectivity index (χ0) is 21.5. The first-order valence-electron chi connectivity index (χ1n) is 11.9. The summed E-state index contributed by atoms with van der Waals surface area (Å²) in [5.74, 6) is 1.78. The first-order chi connectivity index (χ1) is 15.8. The van der Waals surface area contributed by atoms with E-state index < -0.39 is 0 Å². The Morgan fingerprint density at radius 1 is 0.844 bits per heavy atom. The van der Waals surface area contributed by atoms with Crippen molar-refractivity contribution in [1.29, 1.82) is 0 Å². The Kier molecular flexibility index (Phi) is 4.96. The van der Waals surface area contributed by atoms with Gasteiger partial charge in [0.05, 0.1) is 0 Å². The minimum absolute atomic E-state index is 0.561. The van der Waals surface area contributed by atoms with Gasteiger partial charge in [-0.15, -0.1) is 0 Å². The van der Waals surface area contributed by atoms with E-state index in [1.165, 1.54) is 33.2 Å². The predicted molar refractivity (Wildman–Crippen MR) is 134 cm³/mol. The molecule has 3 atom stereocenters. The molecule has 4 aromatic rings. The van der Waals surface area contributed by atoms with Crippen molar-refractivity contribution in [3.05, 3.63) is 113 Å². The third-order valence-corrected chi connectivity index (χ3v) is 7.60. The maximum Gasteiger partial charge on any atom is 0.0456 e. The number of aryl methyl sites for hydroxylation is 1. The summed E-state index contributed by atoms with van der Waals surface area (Å²) in [7, 11) is 0. The summed E-state index contributed by atoms with van der Waals surface area (Å²) in [6.07, 6.45) is 5.94. The summed E-state index contributed by atoms with van der Waals surface area (Å²) >= 11 is 0. The number of fused-ring (bicyclic) bond motifs is 2. The molecule has 1 aromatic heterocycles. The summed E-state index contributed by atoms with van der Waals surface area (Å²) in [5.41, 5.74) is 8.46. The lowest BCUT2D eigenvalue weighted by Crippen LogP contribution is -2.25. The molecular formula is C30H30N2. The zero-order valence-corrected chi connectivity index (χ0v) is 18.7. The molecule has 0 amide bonds. The van der Waals surface area contributed by atoms with E-state index in [9.17, 15) is 0 Å². The molecule has 2 nitrogen and oxygen atoms in total. The highest BCUT2D eigenvalue weighted by atomic mass is 15.2. The highest BCUT2D eigenvalue weighted by Gasteiger charge is 2.43. The number of aromatic nitrogens is 1. The van der Waals surface area contributed by atoms with Gasteiger partial charge in [-0.25, -0.2) is 0 Å². The number of H-pyrrole nitrogens is 1. The topological polar surface area (TPSA) is 19.0 Å². The van der Waals surface area contributed by atoms with Crippen molar-refractivity contribution >= 4 is 16.5 Å². The van der Waals surface area contributed by atoms with Crippen molar-refractivity contribution in [3.63, 3.8) is 0 Å². The van der Waals surface area contributed by atoms with Crippen molar-refractivity contribution in [2.24, 2.45) is 11.8 Å². The van der Waals surface area contributed by atoms with E-state index >= 15 is 0 Å². The maximum atomic E-state index is 3.53. The summed E-state index contributed by atoms with van der Waals surface area (Å²) in [6, 6.07) is 28.9. The van der Waals surface area contributed by atoms with Gasteiger partial charge >= 0.3 is 0 Å². The first kappa shape index (κ1) is 19.6.